The summed E-state index contributed by atoms with van der Waals surface area (Å²) in [7, 11) is 0. The van der Waals surface area contributed by atoms with Crippen molar-refractivity contribution in [2.24, 2.45) is 0 Å². The number of nitrogens with one attached hydrogen (secondary N) is 2. The molecule has 1 fully saturated rings. The Balaban J connectivity index is 1.46. The average Bonchev–Trinajstić information content (AvgIpc) is 3.49. The fraction of sp³-hybridized carbons (Fsp3) is 0.269. The Kier molecular flexibility index (Phi) is 7.37. The topological polar surface area (TPSA) is 91.7 Å². The summed E-state index contributed by atoms with van der Waals surface area (Å²) in [6, 6.07) is 17.8. The van der Waals surface area contributed by atoms with Gasteiger partial charge in [-0.05, 0) is 55.3 Å². The third kappa shape index (κ3) is 5.34. The number of anilines is 1. The maximum absolute atomic E-state index is 12.9. The maximum atomic E-state index is 12.9. The number of benzene rings is 2. The van der Waals surface area contributed by atoms with Gasteiger partial charge < -0.3 is 20.0 Å². The fourth-order valence-corrected chi connectivity index (χ4v) is 4.85. The van der Waals surface area contributed by atoms with Crippen LogP contribution in [0.25, 0.3) is 0 Å². The number of carbonyl (C=O) groups excluding carboxylic acids is 3. The first-order valence-electron chi connectivity index (χ1n) is 11.2. The molecule has 34 heavy (non-hydrogen) atoms. The molecule has 0 unspecified atom stereocenters. The molecule has 0 spiro atoms. The summed E-state index contributed by atoms with van der Waals surface area (Å²) in [5, 5.41) is 5.64. The highest BCUT2D eigenvalue weighted by atomic mass is 32.2. The van der Waals surface area contributed by atoms with E-state index in [2.05, 4.69) is 10.6 Å². The van der Waals surface area contributed by atoms with Gasteiger partial charge >= 0.3 is 0 Å². The highest BCUT2D eigenvalue weighted by molar-refractivity contribution is 8.00. The monoisotopic (exact) mass is 477 g/mol. The number of para-hydroxylation sites is 1. The first-order valence-corrected chi connectivity index (χ1v) is 12.3. The number of hydrogen-bond donors (Lipinski definition) is 2. The lowest BCUT2D eigenvalue weighted by molar-refractivity contribution is -0.128. The number of rotatable bonds is 8. The second-order valence-corrected chi connectivity index (χ2v) is 9.24. The van der Waals surface area contributed by atoms with E-state index < -0.39 is 0 Å². The molecule has 4 rings (SSSR count). The molecule has 3 aromatic rings. The van der Waals surface area contributed by atoms with E-state index in [-0.39, 0.29) is 29.1 Å². The van der Waals surface area contributed by atoms with Crippen molar-refractivity contribution < 1.29 is 18.8 Å². The van der Waals surface area contributed by atoms with Crippen LogP contribution in [0.4, 0.5) is 5.69 Å². The lowest BCUT2D eigenvalue weighted by Gasteiger charge is -2.23. The summed E-state index contributed by atoms with van der Waals surface area (Å²) in [6.45, 7) is 4.34. The van der Waals surface area contributed by atoms with E-state index in [1.165, 1.54) is 0 Å². The lowest BCUT2D eigenvalue weighted by Crippen LogP contribution is -2.32. The number of amides is 3. The van der Waals surface area contributed by atoms with Gasteiger partial charge in [0.1, 0.15) is 11.1 Å². The van der Waals surface area contributed by atoms with Gasteiger partial charge in [-0.3, -0.25) is 14.4 Å². The Morgan fingerprint density at radius 3 is 2.56 bits per heavy atom. The number of thioether (sulfide) groups is 1. The zero-order chi connectivity index (χ0) is 24.1. The minimum Gasteiger partial charge on any atom is -0.467 e. The molecule has 0 radical (unpaired) electrons. The number of hydrogen-bond acceptors (Lipinski definition) is 5. The first-order chi connectivity index (χ1) is 16.5. The van der Waals surface area contributed by atoms with Gasteiger partial charge in [0, 0.05) is 11.6 Å². The van der Waals surface area contributed by atoms with Crippen LogP contribution in [-0.2, 0) is 11.3 Å². The van der Waals surface area contributed by atoms with Crippen LogP contribution in [0.15, 0.2) is 71.3 Å². The Bertz CT molecular complexity index is 1160. The molecule has 1 saturated heterocycles. The predicted octanol–water partition coefficient (Wildman–Crippen LogP) is 4.83. The predicted molar refractivity (Wildman–Crippen MR) is 133 cm³/mol. The molecule has 176 valence electrons. The molecule has 0 bridgehead atoms. The minimum absolute atomic E-state index is 0.0384. The van der Waals surface area contributed by atoms with E-state index in [1.807, 2.05) is 32.0 Å². The molecule has 3 amide bonds. The van der Waals surface area contributed by atoms with Crippen molar-refractivity contribution in [3.63, 3.8) is 0 Å². The van der Waals surface area contributed by atoms with Gasteiger partial charge in [0.2, 0.25) is 5.91 Å². The smallest absolute Gasteiger partial charge is 0.255 e. The molecule has 1 aliphatic heterocycles. The number of furan rings is 1. The van der Waals surface area contributed by atoms with Crippen LogP contribution >= 0.6 is 11.8 Å². The van der Waals surface area contributed by atoms with Gasteiger partial charge in [-0.25, -0.2) is 0 Å². The quantitative estimate of drug-likeness (QED) is 0.485. The van der Waals surface area contributed by atoms with E-state index in [9.17, 15) is 14.4 Å². The number of carbonyl (C=O) groups is 3. The molecule has 8 heteroatoms. The summed E-state index contributed by atoms with van der Waals surface area (Å²) in [6.07, 6.45) is 2.41. The van der Waals surface area contributed by atoms with Crippen molar-refractivity contribution in [2.45, 2.75) is 38.2 Å². The van der Waals surface area contributed by atoms with Crippen LogP contribution in [0.5, 0.6) is 0 Å². The van der Waals surface area contributed by atoms with Gasteiger partial charge in [-0.15, -0.1) is 11.8 Å². The van der Waals surface area contributed by atoms with E-state index in [0.29, 0.717) is 29.1 Å². The second-order valence-electron chi connectivity index (χ2n) is 8.17. The zero-order valence-electron chi connectivity index (χ0n) is 19.1. The number of nitrogens with zero attached hydrogens (tertiary/aromatic N) is 1. The van der Waals surface area contributed by atoms with E-state index in [0.717, 1.165) is 17.7 Å². The molecular weight excluding hydrogens is 450 g/mol. The summed E-state index contributed by atoms with van der Waals surface area (Å²) >= 11 is 1.55. The van der Waals surface area contributed by atoms with Crippen molar-refractivity contribution in [1.82, 2.24) is 10.2 Å². The first kappa shape index (κ1) is 23.6. The van der Waals surface area contributed by atoms with Gasteiger partial charge in [0.25, 0.3) is 11.8 Å². The van der Waals surface area contributed by atoms with Gasteiger partial charge in [-0.1, -0.05) is 31.2 Å². The molecular formula is C26H27N3O4S. The van der Waals surface area contributed by atoms with E-state index in [4.69, 9.17) is 4.42 Å². The van der Waals surface area contributed by atoms with E-state index in [1.54, 1.807) is 65.4 Å². The summed E-state index contributed by atoms with van der Waals surface area (Å²) < 4.78 is 5.40. The molecule has 0 aliphatic carbocycles. The zero-order valence-corrected chi connectivity index (χ0v) is 19.9. The Morgan fingerprint density at radius 2 is 1.85 bits per heavy atom. The van der Waals surface area contributed by atoms with E-state index >= 15 is 0 Å². The molecule has 7 nitrogen and oxygen atoms in total. The summed E-state index contributed by atoms with van der Waals surface area (Å²) in [5.74, 6) is 0.662. The SMILES string of the molecule is CC[C@H](C)NC(=O)c1ccccc1NC(=O)c1ccc([C@H]2SCC(=O)N2Cc2ccco2)cc1. The van der Waals surface area contributed by atoms with Crippen molar-refractivity contribution in [3.05, 3.63) is 89.4 Å². The molecule has 2 aromatic carbocycles. The van der Waals surface area contributed by atoms with Crippen molar-refractivity contribution >= 4 is 35.2 Å². The van der Waals surface area contributed by atoms with Crippen LogP contribution in [0.3, 0.4) is 0 Å². The average molecular weight is 478 g/mol. The Morgan fingerprint density at radius 1 is 1.09 bits per heavy atom. The van der Waals surface area contributed by atoms with Crippen LogP contribution in [0.1, 0.15) is 57.7 Å². The van der Waals surface area contributed by atoms with Gasteiger partial charge in [0.15, 0.2) is 0 Å². The largest absolute Gasteiger partial charge is 0.467 e. The fourth-order valence-electron chi connectivity index (χ4n) is 3.66. The molecule has 1 aromatic heterocycles. The third-order valence-corrected chi connectivity index (χ3v) is 7.00. The lowest BCUT2D eigenvalue weighted by atomic mass is 10.1. The highest BCUT2D eigenvalue weighted by Crippen LogP contribution is 2.39. The van der Waals surface area contributed by atoms with Crippen LogP contribution < -0.4 is 10.6 Å². The second kappa shape index (κ2) is 10.6. The minimum atomic E-state index is -0.307. The third-order valence-electron chi connectivity index (χ3n) is 5.74. The highest BCUT2D eigenvalue weighted by Gasteiger charge is 2.33. The summed E-state index contributed by atoms with van der Waals surface area (Å²) in [5.41, 5.74) is 2.28. The van der Waals surface area contributed by atoms with Crippen molar-refractivity contribution in [2.75, 3.05) is 11.1 Å². The molecule has 2 atom stereocenters. The summed E-state index contributed by atoms with van der Waals surface area (Å²) in [4.78, 5) is 39.7. The van der Waals surface area contributed by atoms with Crippen LogP contribution in [0.2, 0.25) is 0 Å². The molecule has 0 saturated carbocycles. The normalized spacial score (nSPS) is 16.4. The Hall–Kier alpha value is -3.52. The molecule has 2 heterocycles. The maximum Gasteiger partial charge on any atom is 0.255 e. The van der Waals surface area contributed by atoms with Crippen molar-refractivity contribution in [3.8, 4) is 0 Å². The van der Waals surface area contributed by atoms with Crippen LogP contribution in [0, 0.1) is 0 Å². The van der Waals surface area contributed by atoms with Crippen LogP contribution in [-0.4, -0.2) is 34.4 Å². The molecule has 1 aliphatic rings. The van der Waals surface area contributed by atoms with Gasteiger partial charge in [0.05, 0.1) is 29.8 Å². The van der Waals surface area contributed by atoms with Crippen molar-refractivity contribution in [1.29, 1.82) is 0 Å². The standard InChI is InChI=1S/C26H27N3O4S/c1-3-17(2)27-25(32)21-8-4-5-9-22(21)28-24(31)18-10-12-19(13-11-18)26-29(23(30)16-34-26)15-20-7-6-14-33-20/h4-14,17,26H,3,15-16H2,1-2H3,(H,27,32)(H,28,31)/t17-,26+/m0/s1. The molecule has 2 N–H and O–H groups in total. The van der Waals surface area contributed by atoms with Gasteiger partial charge in [-0.2, -0.15) is 0 Å². The Labute approximate surface area is 202 Å².